The van der Waals surface area contributed by atoms with Crippen LogP contribution in [0.3, 0.4) is 0 Å². The monoisotopic (exact) mass is 250 g/mol. The van der Waals surface area contributed by atoms with E-state index in [1.807, 2.05) is 45.0 Å². The van der Waals surface area contributed by atoms with Crippen LogP contribution < -0.4 is 15.4 Å². The molecule has 0 fully saturated rings. The largest absolute Gasteiger partial charge is 0.491 e. The number of hydrogen-bond donors (Lipinski definition) is 2. The molecule has 100 valence electrons. The maximum absolute atomic E-state index is 11.2. The lowest BCUT2D eigenvalue weighted by atomic mass is 10.2. The third-order valence-corrected chi connectivity index (χ3v) is 2.28. The van der Waals surface area contributed by atoms with Crippen LogP contribution in [0.15, 0.2) is 24.3 Å². The molecule has 0 radical (unpaired) electrons. The number of benzene rings is 1. The van der Waals surface area contributed by atoms with Crippen molar-refractivity contribution in [3.8, 4) is 5.75 Å². The molecule has 0 atom stereocenters. The van der Waals surface area contributed by atoms with E-state index in [1.165, 1.54) is 0 Å². The molecule has 0 aromatic heterocycles. The highest BCUT2D eigenvalue weighted by Gasteiger charge is 2.00. The molecule has 4 heteroatoms. The van der Waals surface area contributed by atoms with Crippen molar-refractivity contribution < 1.29 is 9.53 Å². The van der Waals surface area contributed by atoms with Crippen LogP contribution in [0.2, 0.25) is 0 Å². The van der Waals surface area contributed by atoms with Gasteiger partial charge in [-0.25, -0.2) is 0 Å². The second-order valence-electron chi connectivity index (χ2n) is 4.37. The van der Waals surface area contributed by atoms with Crippen LogP contribution in [0.25, 0.3) is 0 Å². The van der Waals surface area contributed by atoms with Gasteiger partial charge in [0.1, 0.15) is 5.75 Å². The summed E-state index contributed by atoms with van der Waals surface area (Å²) < 4.78 is 5.56. The molecule has 2 N–H and O–H groups in total. The van der Waals surface area contributed by atoms with Gasteiger partial charge in [0.2, 0.25) is 5.91 Å². The summed E-state index contributed by atoms with van der Waals surface area (Å²) in [5.74, 6) is 0.898. The molecule has 0 aliphatic heterocycles. The minimum Gasteiger partial charge on any atom is -0.491 e. The average molecular weight is 250 g/mol. The van der Waals surface area contributed by atoms with Gasteiger partial charge in [0, 0.05) is 13.1 Å². The summed E-state index contributed by atoms with van der Waals surface area (Å²) >= 11 is 0. The highest BCUT2D eigenvalue weighted by Crippen LogP contribution is 2.13. The molecular formula is C14H22N2O2. The van der Waals surface area contributed by atoms with Crippen molar-refractivity contribution in [2.24, 2.45) is 0 Å². The molecule has 0 saturated carbocycles. The highest BCUT2D eigenvalue weighted by molar-refractivity contribution is 5.77. The number of likely N-dealkylation sites (N-methyl/N-ethyl adjacent to an activating group) is 1. The summed E-state index contributed by atoms with van der Waals surface area (Å²) in [6, 6.07) is 7.90. The fourth-order valence-electron chi connectivity index (χ4n) is 1.54. The zero-order valence-electron chi connectivity index (χ0n) is 11.3. The maximum atomic E-state index is 11.2. The molecular weight excluding hydrogens is 228 g/mol. The standard InChI is InChI=1S/C14H22N2O2/c1-4-16-14(17)10-15-9-12-5-7-13(8-6-12)18-11(2)3/h5-8,11,15H,4,9-10H2,1-3H3,(H,16,17). The molecule has 18 heavy (non-hydrogen) atoms. The molecule has 0 aliphatic rings. The number of carbonyl (C=O) groups excluding carboxylic acids is 1. The lowest BCUT2D eigenvalue weighted by molar-refractivity contribution is -0.120. The van der Waals surface area contributed by atoms with Gasteiger partial charge in [-0.05, 0) is 38.5 Å². The lowest BCUT2D eigenvalue weighted by Crippen LogP contribution is -2.33. The van der Waals surface area contributed by atoms with Crippen LogP contribution in [-0.2, 0) is 11.3 Å². The topological polar surface area (TPSA) is 50.4 Å². The van der Waals surface area contributed by atoms with Gasteiger partial charge in [0.15, 0.2) is 0 Å². The van der Waals surface area contributed by atoms with Crippen molar-refractivity contribution in [2.45, 2.75) is 33.4 Å². The van der Waals surface area contributed by atoms with Gasteiger partial charge in [-0.1, -0.05) is 12.1 Å². The van der Waals surface area contributed by atoms with E-state index in [1.54, 1.807) is 0 Å². The van der Waals surface area contributed by atoms with Gasteiger partial charge >= 0.3 is 0 Å². The first-order valence-corrected chi connectivity index (χ1v) is 6.34. The van der Waals surface area contributed by atoms with Gasteiger partial charge in [-0.15, -0.1) is 0 Å². The number of hydrogen-bond acceptors (Lipinski definition) is 3. The Balaban J connectivity index is 2.33. The van der Waals surface area contributed by atoms with Crippen molar-refractivity contribution in [3.63, 3.8) is 0 Å². The van der Waals surface area contributed by atoms with E-state index in [2.05, 4.69) is 10.6 Å². The third-order valence-electron chi connectivity index (χ3n) is 2.28. The average Bonchev–Trinajstić information content (AvgIpc) is 2.31. The SMILES string of the molecule is CCNC(=O)CNCc1ccc(OC(C)C)cc1. The van der Waals surface area contributed by atoms with E-state index < -0.39 is 0 Å². The molecule has 4 nitrogen and oxygen atoms in total. The van der Waals surface area contributed by atoms with Gasteiger partial charge in [-0.2, -0.15) is 0 Å². The fraction of sp³-hybridized carbons (Fsp3) is 0.500. The molecule has 0 bridgehead atoms. The van der Waals surface area contributed by atoms with Crippen molar-refractivity contribution in [1.29, 1.82) is 0 Å². The van der Waals surface area contributed by atoms with Gasteiger partial charge in [0.25, 0.3) is 0 Å². The first-order chi connectivity index (χ1) is 8.61. The number of amides is 1. The Morgan fingerprint density at radius 1 is 1.28 bits per heavy atom. The summed E-state index contributed by atoms with van der Waals surface area (Å²) in [5, 5.41) is 5.83. The van der Waals surface area contributed by atoms with Crippen LogP contribution in [0.1, 0.15) is 26.3 Å². The van der Waals surface area contributed by atoms with Gasteiger partial charge in [0.05, 0.1) is 12.6 Å². The normalized spacial score (nSPS) is 10.4. The first-order valence-electron chi connectivity index (χ1n) is 6.34. The summed E-state index contributed by atoms with van der Waals surface area (Å²) in [6.07, 6.45) is 0.187. The zero-order chi connectivity index (χ0) is 13.4. The van der Waals surface area contributed by atoms with E-state index >= 15 is 0 Å². The Bertz CT molecular complexity index is 361. The van der Waals surface area contributed by atoms with Crippen LogP contribution >= 0.6 is 0 Å². The van der Waals surface area contributed by atoms with Gasteiger partial charge < -0.3 is 15.4 Å². The summed E-state index contributed by atoms with van der Waals surface area (Å²) in [7, 11) is 0. The molecule has 1 amide bonds. The Labute approximate surface area is 109 Å². The Morgan fingerprint density at radius 3 is 2.50 bits per heavy atom. The van der Waals surface area contributed by atoms with E-state index in [-0.39, 0.29) is 12.0 Å². The second kappa shape index (κ2) is 7.71. The van der Waals surface area contributed by atoms with Crippen molar-refractivity contribution in [2.75, 3.05) is 13.1 Å². The molecule has 1 aromatic carbocycles. The first kappa shape index (κ1) is 14.5. The van der Waals surface area contributed by atoms with E-state index in [0.29, 0.717) is 19.6 Å². The smallest absolute Gasteiger partial charge is 0.233 e. The zero-order valence-corrected chi connectivity index (χ0v) is 11.3. The Hall–Kier alpha value is -1.55. The quantitative estimate of drug-likeness (QED) is 0.774. The van der Waals surface area contributed by atoms with Crippen LogP contribution in [0, 0.1) is 0 Å². The third kappa shape index (κ3) is 5.68. The molecule has 1 rings (SSSR count). The summed E-state index contributed by atoms with van der Waals surface area (Å²) in [6.45, 7) is 7.61. The van der Waals surface area contributed by atoms with E-state index in [4.69, 9.17) is 4.74 Å². The minimum absolute atomic E-state index is 0.0252. The van der Waals surface area contributed by atoms with E-state index in [0.717, 1.165) is 11.3 Å². The van der Waals surface area contributed by atoms with Crippen molar-refractivity contribution in [3.05, 3.63) is 29.8 Å². The van der Waals surface area contributed by atoms with Crippen LogP contribution in [0.5, 0.6) is 5.75 Å². The van der Waals surface area contributed by atoms with Gasteiger partial charge in [-0.3, -0.25) is 4.79 Å². The molecule has 0 saturated heterocycles. The summed E-state index contributed by atoms with van der Waals surface area (Å²) in [5.41, 5.74) is 1.13. The summed E-state index contributed by atoms with van der Waals surface area (Å²) in [4.78, 5) is 11.2. The molecule has 1 aromatic rings. The maximum Gasteiger partial charge on any atom is 0.233 e. The predicted octanol–water partition coefficient (Wildman–Crippen LogP) is 1.70. The predicted molar refractivity (Wildman–Crippen MR) is 72.6 cm³/mol. The molecule has 0 spiro atoms. The van der Waals surface area contributed by atoms with Crippen LogP contribution in [0.4, 0.5) is 0 Å². The highest BCUT2D eigenvalue weighted by atomic mass is 16.5. The number of rotatable bonds is 7. The second-order valence-corrected chi connectivity index (χ2v) is 4.37. The number of carbonyl (C=O) groups is 1. The molecule has 0 heterocycles. The minimum atomic E-state index is 0.0252. The van der Waals surface area contributed by atoms with Crippen LogP contribution in [-0.4, -0.2) is 25.1 Å². The molecule has 0 unspecified atom stereocenters. The van der Waals surface area contributed by atoms with Crippen molar-refractivity contribution in [1.82, 2.24) is 10.6 Å². The lowest BCUT2D eigenvalue weighted by Gasteiger charge is -2.10. The number of nitrogens with one attached hydrogen (secondary N) is 2. The molecule has 0 aliphatic carbocycles. The number of ether oxygens (including phenoxy) is 1. The Kier molecular flexibility index (Phi) is 6.22. The Morgan fingerprint density at radius 2 is 1.94 bits per heavy atom. The van der Waals surface area contributed by atoms with Crippen molar-refractivity contribution >= 4 is 5.91 Å². The van der Waals surface area contributed by atoms with E-state index in [9.17, 15) is 4.79 Å². The fourth-order valence-corrected chi connectivity index (χ4v) is 1.54.